The van der Waals surface area contributed by atoms with Gasteiger partial charge in [0.25, 0.3) is 0 Å². The molecule has 38 heavy (non-hydrogen) atoms. The van der Waals surface area contributed by atoms with Crippen molar-refractivity contribution in [3.8, 4) is 0 Å². The van der Waals surface area contributed by atoms with Crippen molar-refractivity contribution in [2.24, 2.45) is 0 Å². The first-order valence-electron chi connectivity index (χ1n) is 12.5. The van der Waals surface area contributed by atoms with Crippen LogP contribution in [0.25, 0.3) is 0 Å². The van der Waals surface area contributed by atoms with Gasteiger partial charge in [-0.05, 0) is 38.8 Å². The van der Waals surface area contributed by atoms with Crippen LogP contribution in [0.5, 0.6) is 0 Å². The number of benzene rings is 4. The van der Waals surface area contributed by atoms with Crippen molar-refractivity contribution in [1.29, 1.82) is 0 Å². The summed E-state index contributed by atoms with van der Waals surface area (Å²) in [5.41, 5.74) is 1.84. The molecule has 0 spiro atoms. The molecule has 0 aliphatic heterocycles. The number of carboxylic acid groups (broad SMARTS) is 1. The van der Waals surface area contributed by atoms with Gasteiger partial charge in [0.15, 0.2) is 0 Å². The van der Waals surface area contributed by atoms with Crippen LogP contribution in [0.2, 0.25) is 0 Å². The van der Waals surface area contributed by atoms with Crippen LogP contribution in [0.15, 0.2) is 109 Å². The predicted molar refractivity (Wildman–Crippen MR) is 156 cm³/mol. The first-order valence-corrected chi connectivity index (χ1v) is 18.4. The van der Waals surface area contributed by atoms with Gasteiger partial charge >= 0.3 is 121 Å². The van der Waals surface area contributed by atoms with E-state index < -0.39 is 41.8 Å². The van der Waals surface area contributed by atoms with Gasteiger partial charge < -0.3 is 9.90 Å². The standard InChI is InChI=1S/C13H19NO4S.3C6H5.Sn/c1-5-19(17,18)14(11(4)13(15)16)12-9(2)7-6-8-10(12)3;3*1-2-4-6-5-3-1;/h6-8,11H,5H2,1-4H3,(H,15,16);3*1-5H;/q;;;;+1/p-1/t11-;;;;/m0..../s1. The van der Waals surface area contributed by atoms with Gasteiger partial charge in [0.1, 0.15) is 0 Å². The predicted octanol–water partition coefficient (Wildman–Crippen LogP) is 2.80. The van der Waals surface area contributed by atoms with Crippen LogP contribution in [0.1, 0.15) is 25.0 Å². The monoisotopic (exact) mass is 635 g/mol. The SMILES string of the molecule is CCS(=O)(=O)N(c1c(C)cccc1C)[C@@H](C)C(=O)[O-].c1cc[c]([Sn+]([c]2ccccc2)[c]2ccccc2)cc1. The molecule has 0 aromatic heterocycles. The Balaban J connectivity index is 0.000000211. The number of rotatable bonds is 8. The second-order valence-corrected chi connectivity index (χ2v) is 18.1. The summed E-state index contributed by atoms with van der Waals surface area (Å²) < 4.78 is 29.9. The van der Waals surface area contributed by atoms with E-state index >= 15 is 0 Å². The molecule has 0 saturated heterocycles. The fourth-order valence-corrected chi connectivity index (χ4v) is 13.0. The quantitative estimate of drug-likeness (QED) is 0.280. The maximum absolute atomic E-state index is 12.2. The molecule has 4 aromatic carbocycles. The molecule has 1 atom stereocenters. The molecule has 4 aromatic rings. The van der Waals surface area contributed by atoms with Crippen LogP contribution in [0, 0.1) is 13.8 Å². The van der Waals surface area contributed by atoms with Gasteiger partial charge in [0.2, 0.25) is 10.0 Å². The number of para-hydroxylation sites is 1. The molecular weight excluding hydrogens is 601 g/mol. The topological polar surface area (TPSA) is 77.5 Å². The number of carbonyl (C=O) groups excluding carboxylic acids is 1. The van der Waals surface area contributed by atoms with E-state index in [1.807, 2.05) is 0 Å². The average molecular weight is 634 g/mol. The average Bonchev–Trinajstić information content (AvgIpc) is 2.93. The van der Waals surface area contributed by atoms with Gasteiger partial charge in [-0.25, -0.2) is 8.42 Å². The van der Waals surface area contributed by atoms with E-state index in [1.54, 1.807) is 32.0 Å². The van der Waals surface area contributed by atoms with E-state index in [-0.39, 0.29) is 5.75 Å². The van der Waals surface area contributed by atoms with Gasteiger partial charge in [-0.1, -0.05) is 18.2 Å². The van der Waals surface area contributed by atoms with E-state index in [2.05, 4.69) is 91.0 Å². The normalized spacial score (nSPS) is 11.6. The van der Waals surface area contributed by atoms with E-state index in [0.29, 0.717) is 16.8 Å². The van der Waals surface area contributed by atoms with Crippen molar-refractivity contribution >= 4 is 52.2 Å². The maximum atomic E-state index is 12.2. The summed E-state index contributed by atoms with van der Waals surface area (Å²) in [6.07, 6.45) is 0. The summed E-state index contributed by atoms with van der Waals surface area (Å²) in [5, 5.41) is 11.1. The number of anilines is 1. The second kappa shape index (κ2) is 13.6. The van der Waals surface area contributed by atoms with Crippen molar-refractivity contribution in [2.75, 3.05) is 10.1 Å². The Morgan fingerprint density at radius 2 is 1.11 bits per heavy atom. The number of aliphatic carboxylic acids is 1. The van der Waals surface area contributed by atoms with Crippen LogP contribution in [-0.2, 0) is 14.8 Å². The van der Waals surface area contributed by atoms with Crippen LogP contribution in [0.4, 0.5) is 5.69 Å². The molecule has 0 bridgehead atoms. The molecule has 196 valence electrons. The van der Waals surface area contributed by atoms with E-state index in [1.165, 1.54) is 24.6 Å². The van der Waals surface area contributed by atoms with Gasteiger partial charge in [-0.2, -0.15) is 0 Å². The summed E-state index contributed by atoms with van der Waals surface area (Å²) in [5.74, 6) is -1.59. The van der Waals surface area contributed by atoms with Gasteiger partial charge in [0, 0.05) is 0 Å². The minimum atomic E-state index is -3.69. The van der Waals surface area contributed by atoms with Crippen molar-refractivity contribution < 1.29 is 18.3 Å². The van der Waals surface area contributed by atoms with E-state index in [9.17, 15) is 18.3 Å². The molecule has 0 heterocycles. The zero-order valence-corrected chi connectivity index (χ0v) is 25.8. The van der Waals surface area contributed by atoms with E-state index in [4.69, 9.17) is 0 Å². The summed E-state index contributed by atoms with van der Waals surface area (Å²) in [4.78, 5) is 11.1. The van der Waals surface area contributed by atoms with Crippen LogP contribution >= 0.6 is 0 Å². The fraction of sp³-hybridized carbons (Fsp3) is 0.194. The summed E-state index contributed by atoms with van der Waals surface area (Å²) in [7, 11) is -3.69. The third kappa shape index (κ3) is 7.26. The minimum absolute atomic E-state index is 0.168. The van der Waals surface area contributed by atoms with Gasteiger partial charge in [0.05, 0.1) is 23.5 Å². The first-order chi connectivity index (χ1) is 18.2. The molecule has 0 fully saturated rings. The van der Waals surface area contributed by atoms with Crippen LogP contribution < -0.4 is 20.1 Å². The second-order valence-electron chi connectivity index (χ2n) is 8.90. The number of hydrogen-bond donors (Lipinski definition) is 0. The summed E-state index contributed by atoms with van der Waals surface area (Å²) >= 11 is -1.98. The number of carboxylic acids is 1. The molecule has 0 saturated carbocycles. The van der Waals surface area contributed by atoms with Gasteiger partial charge in [-0.3, -0.25) is 4.31 Å². The van der Waals surface area contributed by atoms with Crippen molar-refractivity contribution in [2.45, 2.75) is 33.7 Å². The van der Waals surface area contributed by atoms with Gasteiger partial charge in [-0.15, -0.1) is 0 Å². The number of nitrogens with zero attached hydrogens (tertiary/aromatic N) is 1. The number of hydrogen-bond acceptors (Lipinski definition) is 4. The van der Waals surface area contributed by atoms with Crippen molar-refractivity contribution in [1.82, 2.24) is 0 Å². The molecule has 0 aliphatic rings. The number of sulfonamides is 1. The third-order valence-corrected chi connectivity index (χ3v) is 15.8. The zero-order valence-electron chi connectivity index (χ0n) is 22.2. The number of carbonyl (C=O) groups is 1. The molecule has 0 aliphatic carbocycles. The molecule has 7 heteroatoms. The molecule has 0 amide bonds. The first kappa shape index (κ1) is 29.5. The third-order valence-electron chi connectivity index (χ3n) is 6.20. The molecule has 0 N–H and O–H groups in total. The molecule has 0 radical (unpaired) electrons. The Labute approximate surface area is 233 Å². The molecule has 4 rings (SSSR count). The van der Waals surface area contributed by atoms with Crippen molar-refractivity contribution in [3.63, 3.8) is 0 Å². The Bertz CT molecular complexity index is 1310. The summed E-state index contributed by atoms with van der Waals surface area (Å²) in [6, 6.07) is 37.0. The van der Waals surface area contributed by atoms with Crippen molar-refractivity contribution in [3.05, 3.63) is 120 Å². The van der Waals surface area contributed by atoms with Crippen LogP contribution in [0.3, 0.4) is 0 Å². The number of aryl methyl sites for hydroxylation is 2. The Kier molecular flexibility index (Phi) is 10.6. The Morgan fingerprint density at radius 3 is 1.42 bits per heavy atom. The fourth-order valence-electron chi connectivity index (χ4n) is 4.28. The van der Waals surface area contributed by atoms with Crippen LogP contribution in [-0.4, -0.2) is 45.9 Å². The van der Waals surface area contributed by atoms with E-state index in [0.717, 1.165) is 4.31 Å². The molecular formula is C31H33NO4SSn. The molecule has 0 unspecified atom stereocenters. The Morgan fingerprint density at radius 1 is 0.737 bits per heavy atom. The molecule has 5 nitrogen and oxygen atoms in total. The Hall–Kier alpha value is -3.10. The zero-order chi connectivity index (χ0) is 27.7. The summed E-state index contributed by atoms with van der Waals surface area (Å²) in [6.45, 7) is 6.30.